The Morgan fingerprint density at radius 3 is 3.05 bits per heavy atom. The van der Waals surface area contributed by atoms with Crippen LogP contribution >= 0.6 is 0 Å². The molecule has 4 heteroatoms. The molecule has 0 unspecified atom stereocenters. The average Bonchev–Trinajstić information content (AvgIpc) is 2.73. The molecule has 2 aromatic rings. The Kier molecular flexibility index (Phi) is 3.29. The van der Waals surface area contributed by atoms with E-state index in [0.29, 0.717) is 6.04 Å². The molecule has 0 radical (unpaired) electrons. The number of rotatable bonds is 2. The lowest BCUT2D eigenvalue weighted by atomic mass is 9.93. The van der Waals surface area contributed by atoms with Crippen LogP contribution in [0.3, 0.4) is 0 Å². The first kappa shape index (κ1) is 12.6. The number of imidazole rings is 1. The molecule has 2 atom stereocenters. The molecule has 0 amide bonds. The second-order valence-corrected chi connectivity index (χ2v) is 5.52. The van der Waals surface area contributed by atoms with E-state index < -0.39 is 0 Å². The lowest BCUT2D eigenvalue weighted by Gasteiger charge is -2.33. The van der Waals surface area contributed by atoms with Crippen molar-refractivity contribution in [2.45, 2.75) is 26.3 Å². The van der Waals surface area contributed by atoms with Crippen LogP contribution in [0.25, 0.3) is 11.0 Å². The van der Waals surface area contributed by atoms with Crippen LogP contribution < -0.4 is 5.32 Å². The van der Waals surface area contributed by atoms with Crippen molar-refractivity contribution in [1.82, 2.24) is 14.9 Å². The van der Waals surface area contributed by atoms with Crippen LogP contribution in [0.1, 0.15) is 23.9 Å². The molecule has 1 aromatic carbocycles. The number of aryl methyl sites for hydroxylation is 2. The van der Waals surface area contributed by atoms with E-state index in [1.54, 1.807) is 0 Å². The minimum absolute atomic E-state index is 0.225. The van der Waals surface area contributed by atoms with E-state index >= 15 is 0 Å². The number of nitrogens with one attached hydrogen (secondary N) is 1. The summed E-state index contributed by atoms with van der Waals surface area (Å²) in [6, 6.07) is 6.77. The first-order valence-corrected chi connectivity index (χ1v) is 6.97. The summed E-state index contributed by atoms with van der Waals surface area (Å²) < 4.78 is 2.32. The highest BCUT2D eigenvalue weighted by molar-refractivity contribution is 5.77. The third-order valence-electron chi connectivity index (χ3n) is 4.16. The van der Waals surface area contributed by atoms with Crippen molar-refractivity contribution >= 4 is 11.0 Å². The van der Waals surface area contributed by atoms with E-state index in [2.05, 4.69) is 46.9 Å². The van der Waals surface area contributed by atoms with Gasteiger partial charge < -0.3 is 15.0 Å². The molecule has 0 spiro atoms. The molecule has 102 valence electrons. The number of aromatic nitrogens is 2. The minimum Gasteiger partial charge on any atom is -0.396 e. The van der Waals surface area contributed by atoms with Gasteiger partial charge in [0.2, 0.25) is 0 Å². The molecule has 1 aromatic heterocycles. The molecule has 1 aliphatic heterocycles. The Balaban J connectivity index is 2.10. The standard InChI is InChI=1S/C15H21N3O/c1-10-3-4-15-13(7-10)17-11(2)18(15)14-5-6-16-8-12(14)9-19/h3-4,7,12,14,16,19H,5-6,8-9H2,1-2H3/t12-,14-/m1/s1. The normalized spacial score (nSPS) is 23.9. The third-order valence-corrected chi connectivity index (χ3v) is 4.16. The summed E-state index contributed by atoms with van der Waals surface area (Å²) in [6.07, 6.45) is 1.05. The predicted molar refractivity (Wildman–Crippen MR) is 76.3 cm³/mol. The molecule has 2 heterocycles. The van der Waals surface area contributed by atoms with Crippen LogP contribution in [0.15, 0.2) is 18.2 Å². The smallest absolute Gasteiger partial charge is 0.106 e. The van der Waals surface area contributed by atoms with Gasteiger partial charge in [-0.3, -0.25) is 0 Å². The Morgan fingerprint density at radius 1 is 1.42 bits per heavy atom. The number of nitrogens with zero attached hydrogens (tertiary/aromatic N) is 2. The van der Waals surface area contributed by atoms with E-state index in [1.165, 1.54) is 11.1 Å². The van der Waals surface area contributed by atoms with Crippen LogP contribution in [0.4, 0.5) is 0 Å². The fourth-order valence-electron chi connectivity index (χ4n) is 3.18. The topological polar surface area (TPSA) is 50.1 Å². The van der Waals surface area contributed by atoms with Gasteiger partial charge in [-0.1, -0.05) is 6.07 Å². The monoisotopic (exact) mass is 259 g/mol. The van der Waals surface area contributed by atoms with Crippen molar-refractivity contribution in [3.63, 3.8) is 0 Å². The van der Waals surface area contributed by atoms with Crippen molar-refractivity contribution in [2.75, 3.05) is 19.7 Å². The molecule has 0 aliphatic carbocycles. The molecule has 19 heavy (non-hydrogen) atoms. The predicted octanol–water partition coefficient (Wildman–Crippen LogP) is 1.80. The highest BCUT2D eigenvalue weighted by atomic mass is 16.3. The minimum atomic E-state index is 0.225. The molecule has 1 fully saturated rings. The van der Waals surface area contributed by atoms with E-state index in [4.69, 9.17) is 0 Å². The second kappa shape index (κ2) is 4.94. The van der Waals surface area contributed by atoms with Crippen molar-refractivity contribution in [2.24, 2.45) is 5.92 Å². The van der Waals surface area contributed by atoms with Gasteiger partial charge in [0.05, 0.1) is 11.0 Å². The summed E-state index contributed by atoms with van der Waals surface area (Å²) in [5.74, 6) is 1.32. The van der Waals surface area contributed by atoms with Gasteiger partial charge in [0.25, 0.3) is 0 Å². The van der Waals surface area contributed by atoms with Crippen molar-refractivity contribution in [1.29, 1.82) is 0 Å². The highest BCUT2D eigenvalue weighted by Crippen LogP contribution is 2.30. The van der Waals surface area contributed by atoms with Gasteiger partial charge >= 0.3 is 0 Å². The maximum Gasteiger partial charge on any atom is 0.106 e. The van der Waals surface area contributed by atoms with Gasteiger partial charge in [-0.25, -0.2) is 4.98 Å². The molecule has 0 bridgehead atoms. The number of fused-ring (bicyclic) bond motifs is 1. The molecule has 0 saturated carbocycles. The maximum absolute atomic E-state index is 9.59. The zero-order chi connectivity index (χ0) is 13.4. The highest BCUT2D eigenvalue weighted by Gasteiger charge is 2.28. The number of benzene rings is 1. The summed E-state index contributed by atoms with van der Waals surface area (Å²) in [5.41, 5.74) is 3.49. The van der Waals surface area contributed by atoms with Crippen LogP contribution in [0, 0.1) is 19.8 Å². The average molecular weight is 259 g/mol. The number of piperidine rings is 1. The Labute approximate surface area is 113 Å². The quantitative estimate of drug-likeness (QED) is 0.864. The van der Waals surface area contributed by atoms with Crippen LogP contribution in [-0.4, -0.2) is 34.4 Å². The lowest BCUT2D eigenvalue weighted by Crippen LogP contribution is -2.39. The van der Waals surface area contributed by atoms with E-state index in [9.17, 15) is 5.11 Å². The van der Waals surface area contributed by atoms with Gasteiger partial charge in [-0.2, -0.15) is 0 Å². The summed E-state index contributed by atoms with van der Waals surface area (Å²) in [4.78, 5) is 4.68. The maximum atomic E-state index is 9.59. The lowest BCUT2D eigenvalue weighted by molar-refractivity contribution is 0.150. The molecule has 1 saturated heterocycles. The number of hydrogen-bond acceptors (Lipinski definition) is 3. The SMILES string of the molecule is Cc1ccc2c(c1)nc(C)n2[C@@H]1CCNC[C@@H]1CO. The molecule has 3 rings (SSSR count). The largest absolute Gasteiger partial charge is 0.396 e. The van der Waals surface area contributed by atoms with E-state index in [-0.39, 0.29) is 12.5 Å². The Morgan fingerprint density at radius 2 is 2.26 bits per heavy atom. The zero-order valence-corrected chi connectivity index (χ0v) is 11.6. The number of aliphatic hydroxyl groups is 1. The van der Waals surface area contributed by atoms with Gasteiger partial charge in [-0.05, 0) is 44.5 Å². The molecular weight excluding hydrogens is 238 g/mol. The Hall–Kier alpha value is -1.39. The summed E-state index contributed by atoms with van der Waals surface area (Å²) in [7, 11) is 0. The van der Waals surface area contributed by atoms with Crippen LogP contribution in [-0.2, 0) is 0 Å². The van der Waals surface area contributed by atoms with Gasteiger partial charge in [0, 0.05) is 25.1 Å². The third kappa shape index (κ3) is 2.15. The van der Waals surface area contributed by atoms with E-state index in [0.717, 1.165) is 30.9 Å². The van der Waals surface area contributed by atoms with Crippen molar-refractivity contribution in [3.05, 3.63) is 29.6 Å². The first-order valence-electron chi connectivity index (χ1n) is 6.97. The van der Waals surface area contributed by atoms with Gasteiger partial charge in [-0.15, -0.1) is 0 Å². The summed E-state index contributed by atoms with van der Waals surface area (Å²) >= 11 is 0. The van der Waals surface area contributed by atoms with E-state index in [1.807, 2.05) is 0 Å². The number of aliphatic hydroxyl groups excluding tert-OH is 1. The van der Waals surface area contributed by atoms with Crippen molar-refractivity contribution < 1.29 is 5.11 Å². The van der Waals surface area contributed by atoms with Crippen LogP contribution in [0.2, 0.25) is 0 Å². The fraction of sp³-hybridized carbons (Fsp3) is 0.533. The first-order chi connectivity index (χ1) is 9.20. The van der Waals surface area contributed by atoms with Crippen LogP contribution in [0.5, 0.6) is 0 Å². The molecular formula is C15H21N3O. The van der Waals surface area contributed by atoms with Gasteiger partial charge in [0.15, 0.2) is 0 Å². The second-order valence-electron chi connectivity index (χ2n) is 5.52. The molecule has 2 N–H and O–H groups in total. The number of hydrogen-bond donors (Lipinski definition) is 2. The van der Waals surface area contributed by atoms with Crippen molar-refractivity contribution in [3.8, 4) is 0 Å². The summed E-state index contributed by atoms with van der Waals surface area (Å²) in [5, 5.41) is 13.0. The zero-order valence-electron chi connectivity index (χ0n) is 11.6. The van der Waals surface area contributed by atoms with Gasteiger partial charge in [0.1, 0.15) is 5.82 Å². The molecule has 4 nitrogen and oxygen atoms in total. The summed E-state index contributed by atoms with van der Waals surface area (Å²) in [6.45, 7) is 6.27. The fourth-order valence-corrected chi connectivity index (χ4v) is 3.18. The Bertz CT molecular complexity index is 590. The molecule has 1 aliphatic rings.